The normalized spacial score (nSPS) is 45.9. The quantitative estimate of drug-likeness (QED) is 0.801. The van der Waals surface area contributed by atoms with Gasteiger partial charge in [0.2, 0.25) is 0 Å². The molecule has 4 nitrogen and oxygen atoms in total. The second kappa shape index (κ2) is 4.05. The zero-order valence-corrected chi connectivity index (χ0v) is 11.6. The molecular weight excluding hydrogens is 248 g/mol. The van der Waals surface area contributed by atoms with Crippen LogP contribution in [0, 0.1) is 17.2 Å². The van der Waals surface area contributed by atoms with Gasteiger partial charge in [0.15, 0.2) is 0 Å². The van der Waals surface area contributed by atoms with Gasteiger partial charge in [0.05, 0.1) is 11.5 Å². The minimum atomic E-state index is -0.744. The molecule has 20 heavy (non-hydrogen) atoms. The first-order chi connectivity index (χ1) is 9.68. The lowest BCUT2D eigenvalue weighted by molar-refractivity contribution is 0.000309. The number of nitrogens with two attached hydrogens (primary N) is 1. The summed E-state index contributed by atoms with van der Waals surface area (Å²) in [5.41, 5.74) is 6.95. The summed E-state index contributed by atoms with van der Waals surface area (Å²) in [5.74, 6) is 0.248. The highest BCUT2D eigenvalue weighted by molar-refractivity contribution is 5.41. The predicted octanol–water partition coefficient (Wildman–Crippen LogP) is 0.406. The molecule has 0 spiro atoms. The summed E-state index contributed by atoms with van der Waals surface area (Å²) in [7, 11) is 0. The van der Waals surface area contributed by atoms with E-state index in [1.165, 1.54) is 5.56 Å². The van der Waals surface area contributed by atoms with Gasteiger partial charge < -0.3 is 15.5 Å². The first kappa shape index (κ1) is 12.3. The van der Waals surface area contributed by atoms with Gasteiger partial charge in [0.1, 0.15) is 5.54 Å². The molecule has 0 amide bonds. The lowest BCUT2D eigenvalue weighted by Crippen LogP contribution is -2.76. The molecule has 0 aromatic heterocycles. The lowest BCUT2D eigenvalue weighted by Gasteiger charge is -2.58. The van der Waals surface area contributed by atoms with Gasteiger partial charge >= 0.3 is 0 Å². The molecule has 104 valence electrons. The smallest absolute Gasteiger partial charge is 0.121 e. The highest BCUT2D eigenvalue weighted by Gasteiger charge is 2.63. The highest BCUT2D eigenvalue weighted by atomic mass is 15.3. The number of nitrogens with zero attached hydrogens (tertiary/aromatic N) is 3. The Balaban J connectivity index is 1.92. The van der Waals surface area contributed by atoms with E-state index in [1.807, 2.05) is 6.07 Å². The van der Waals surface area contributed by atoms with Gasteiger partial charge in [-0.15, -0.1) is 0 Å². The van der Waals surface area contributed by atoms with Crippen molar-refractivity contribution in [3.63, 3.8) is 0 Å². The fourth-order valence-corrected chi connectivity index (χ4v) is 4.56. The molecule has 4 aliphatic rings. The van der Waals surface area contributed by atoms with Crippen molar-refractivity contribution in [1.82, 2.24) is 9.80 Å². The summed E-state index contributed by atoms with van der Waals surface area (Å²) in [6, 6.07) is 13.0. The van der Waals surface area contributed by atoms with Crippen LogP contribution in [0.4, 0.5) is 0 Å². The third kappa shape index (κ3) is 1.40. The molecule has 3 atom stereocenters. The Labute approximate surface area is 119 Å². The summed E-state index contributed by atoms with van der Waals surface area (Å²) in [6.45, 7) is 5.96. The molecule has 4 fully saturated rings. The zero-order valence-electron chi connectivity index (χ0n) is 11.6. The van der Waals surface area contributed by atoms with Crippen molar-refractivity contribution in [2.75, 3.05) is 39.3 Å². The molecule has 4 aliphatic heterocycles. The van der Waals surface area contributed by atoms with Crippen molar-refractivity contribution in [2.45, 2.75) is 11.0 Å². The van der Waals surface area contributed by atoms with Gasteiger partial charge in [-0.25, -0.2) is 0 Å². The SMILES string of the molecule is N#C[C@@]1(N)C2CN3CCN(C2)CC1(c1ccccc1)C3. The van der Waals surface area contributed by atoms with Crippen LogP contribution in [0.5, 0.6) is 0 Å². The van der Waals surface area contributed by atoms with Crippen LogP contribution < -0.4 is 5.73 Å². The minimum Gasteiger partial charge on any atom is -0.312 e. The van der Waals surface area contributed by atoms with Gasteiger partial charge in [-0.1, -0.05) is 30.3 Å². The van der Waals surface area contributed by atoms with E-state index in [4.69, 9.17) is 5.73 Å². The Morgan fingerprint density at radius 3 is 2.25 bits per heavy atom. The Morgan fingerprint density at radius 1 is 1.10 bits per heavy atom. The monoisotopic (exact) mass is 268 g/mol. The van der Waals surface area contributed by atoms with Crippen molar-refractivity contribution in [3.8, 4) is 6.07 Å². The van der Waals surface area contributed by atoms with E-state index < -0.39 is 5.54 Å². The molecule has 4 heterocycles. The molecule has 1 aromatic rings. The molecule has 0 saturated carbocycles. The van der Waals surface area contributed by atoms with Crippen LogP contribution >= 0.6 is 0 Å². The van der Waals surface area contributed by atoms with Crippen LogP contribution in [0.15, 0.2) is 30.3 Å². The van der Waals surface area contributed by atoms with Gasteiger partial charge in [0.25, 0.3) is 0 Å². The van der Waals surface area contributed by atoms with Crippen molar-refractivity contribution in [2.24, 2.45) is 11.7 Å². The van der Waals surface area contributed by atoms with E-state index in [2.05, 4.69) is 40.1 Å². The van der Waals surface area contributed by atoms with Gasteiger partial charge in [-0.3, -0.25) is 0 Å². The molecular formula is C16H20N4. The molecule has 4 saturated heterocycles. The molecule has 1 aromatic carbocycles. The third-order valence-corrected chi connectivity index (χ3v) is 5.62. The fraction of sp³-hybridized carbons (Fsp3) is 0.562. The highest BCUT2D eigenvalue weighted by Crippen LogP contribution is 2.48. The van der Waals surface area contributed by atoms with Crippen LogP contribution in [0.3, 0.4) is 0 Å². The van der Waals surface area contributed by atoms with E-state index in [0.717, 1.165) is 39.3 Å². The van der Waals surface area contributed by atoms with E-state index in [9.17, 15) is 5.26 Å². The van der Waals surface area contributed by atoms with Crippen molar-refractivity contribution >= 4 is 0 Å². The molecule has 4 bridgehead atoms. The van der Waals surface area contributed by atoms with Crippen LogP contribution in [0.25, 0.3) is 0 Å². The number of hydrogen-bond donors (Lipinski definition) is 1. The van der Waals surface area contributed by atoms with E-state index in [0.29, 0.717) is 0 Å². The first-order valence-electron chi connectivity index (χ1n) is 7.38. The number of benzene rings is 1. The number of fused-ring (bicyclic) bond motifs is 1. The number of piperidine rings is 2. The van der Waals surface area contributed by atoms with E-state index >= 15 is 0 Å². The molecule has 0 radical (unpaired) electrons. The van der Waals surface area contributed by atoms with Crippen molar-refractivity contribution in [1.29, 1.82) is 5.26 Å². The van der Waals surface area contributed by atoms with Crippen LogP contribution in [0.1, 0.15) is 5.56 Å². The lowest BCUT2D eigenvalue weighted by atomic mass is 9.56. The number of hydrogen-bond acceptors (Lipinski definition) is 4. The predicted molar refractivity (Wildman–Crippen MR) is 77.0 cm³/mol. The van der Waals surface area contributed by atoms with Crippen LogP contribution in [-0.4, -0.2) is 54.6 Å². The van der Waals surface area contributed by atoms with Crippen LogP contribution in [-0.2, 0) is 5.41 Å². The Hall–Kier alpha value is -1.41. The topological polar surface area (TPSA) is 56.3 Å². The fourth-order valence-electron chi connectivity index (χ4n) is 4.56. The van der Waals surface area contributed by atoms with Crippen molar-refractivity contribution in [3.05, 3.63) is 35.9 Å². The summed E-state index contributed by atoms with van der Waals surface area (Å²) in [6.07, 6.45) is 0. The van der Waals surface area contributed by atoms with Crippen LogP contribution in [0.2, 0.25) is 0 Å². The summed E-state index contributed by atoms with van der Waals surface area (Å²) in [4.78, 5) is 5.01. The average Bonchev–Trinajstić information content (AvgIpc) is 2.74. The maximum Gasteiger partial charge on any atom is 0.121 e. The maximum atomic E-state index is 9.86. The summed E-state index contributed by atoms with van der Waals surface area (Å²) < 4.78 is 0. The second-order valence-electron chi connectivity index (χ2n) is 6.60. The van der Waals surface area contributed by atoms with Gasteiger partial charge in [-0.05, 0) is 5.56 Å². The van der Waals surface area contributed by atoms with Gasteiger partial charge in [0, 0.05) is 45.2 Å². The van der Waals surface area contributed by atoms with Gasteiger partial charge in [-0.2, -0.15) is 5.26 Å². The zero-order chi connectivity index (χ0) is 13.8. The Kier molecular flexibility index (Phi) is 2.50. The number of rotatable bonds is 1. The van der Waals surface area contributed by atoms with E-state index in [1.54, 1.807) is 0 Å². The molecule has 4 heteroatoms. The Bertz CT molecular complexity index is 548. The van der Waals surface area contributed by atoms with Crippen molar-refractivity contribution < 1.29 is 0 Å². The third-order valence-electron chi connectivity index (χ3n) is 5.62. The molecule has 2 N–H and O–H groups in total. The summed E-state index contributed by atoms with van der Waals surface area (Å²) >= 11 is 0. The second-order valence-corrected chi connectivity index (χ2v) is 6.60. The van der Waals surface area contributed by atoms with E-state index in [-0.39, 0.29) is 11.3 Å². The Morgan fingerprint density at radius 2 is 1.70 bits per heavy atom. The molecule has 0 aliphatic carbocycles. The standard InChI is InChI=1S/C16H20N4/c17-10-16(18)14-8-19-6-7-20(9-14)12-15(16,11-19)13-4-2-1-3-5-13/h1-5,14H,6-9,11-12,18H2/t14?,15?,16-/m1/s1. The maximum absolute atomic E-state index is 9.86. The molecule has 5 rings (SSSR count). The average molecular weight is 268 g/mol. The summed E-state index contributed by atoms with van der Waals surface area (Å²) in [5, 5.41) is 9.86. The largest absolute Gasteiger partial charge is 0.312 e. The number of nitriles is 1. The molecule has 2 unspecified atom stereocenters. The first-order valence-corrected chi connectivity index (χ1v) is 7.38. The minimum absolute atomic E-state index is 0.248.